The largest absolute Gasteiger partial charge is 0.354 e. The van der Waals surface area contributed by atoms with Gasteiger partial charge >= 0.3 is 6.03 Å². The third-order valence-corrected chi connectivity index (χ3v) is 5.74. The molecule has 4 fully saturated rings. The van der Waals surface area contributed by atoms with Gasteiger partial charge in [-0.15, -0.1) is 0 Å². The molecule has 0 saturated heterocycles. The maximum absolute atomic E-state index is 11.9. The lowest BCUT2D eigenvalue weighted by atomic mass is 9.49. The third kappa shape index (κ3) is 3.34. The molecule has 0 unspecified atom stereocenters. The minimum absolute atomic E-state index is 0.107. The summed E-state index contributed by atoms with van der Waals surface area (Å²) >= 11 is 0. The normalized spacial score (nSPS) is 37.0. The highest BCUT2D eigenvalue weighted by Gasteiger charge is 2.50. The molecule has 4 aliphatic rings. The molecule has 0 aromatic carbocycles. The minimum atomic E-state index is -0.379. The Morgan fingerprint density at radius 1 is 1.05 bits per heavy atom. The molecule has 0 aromatic rings. The molecule has 21 heavy (non-hydrogen) atoms. The van der Waals surface area contributed by atoms with Gasteiger partial charge in [-0.25, -0.2) is 4.79 Å². The fourth-order valence-corrected chi connectivity index (χ4v) is 5.28. The lowest BCUT2D eigenvalue weighted by Crippen LogP contribution is -2.52. The summed E-state index contributed by atoms with van der Waals surface area (Å²) in [5, 5.41) is 5.90. The second kappa shape index (κ2) is 6.13. The van der Waals surface area contributed by atoms with Crippen molar-refractivity contribution in [3.63, 3.8) is 0 Å². The van der Waals surface area contributed by atoms with E-state index in [9.17, 15) is 4.79 Å². The topological polar surface area (TPSA) is 59.6 Å². The molecular formula is C16H28N2O3. The van der Waals surface area contributed by atoms with Crippen LogP contribution in [-0.2, 0) is 9.47 Å². The Hall–Kier alpha value is -0.810. The van der Waals surface area contributed by atoms with E-state index in [-0.39, 0.29) is 12.3 Å². The molecule has 0 spiro atoms. The minimum Gasteiger partial charge on any atom is -0.354 e. The van der Waals surface area contributed by atoms with Gasteiger partial charge in [0.2, 0.25) is 0 Å². The average Bonchev–Trinajstić information content (AvgIpc) is 2.45. The van der Waals surface area contributed by atoms with Gasteiger partial charge in [-0.1, -0.05) is 0 Å². The summed E-state index contributed by atoms with van der Waals surface area (Å²) in [6.07, 6.45) is 7.89. The van der Waals surface area contributed by atoms with Crippen LogP contribution in [0.5, 0.6) is 0 Å². The monoisotopic (exact) mass is 296 g/mol. The summed E-state index contributed by atoms with van der Waals surface area (Å²) in [4.78, 5) is 11.9. The molecule has 2 N–H and O–H groups in total. The Balaban J connectivity index is 1.45. The highest BCUT2D eigenvalue weighted by molar-refractivity contribution is 5.73. The van der Waals surface area contributed by atoms with Crippen molar-refractivity contribution in [2.24, 2.45) is 23.2 Å². The highest BCUT2D eigenvalue weighted by Crippen LogP contribution is 2.59. The number of carbonyl (C=O) groups is 1. The van der Waals surface area contributed by atoms with Gasteiger partial charge in [-0.3, -0.25) is 0 Å². The van der Waals surface area contributed by atoms with Crippen molar-refractivity contribution in [1.29, 1.82) is 0 Å². The van der Waals surface area contributed by atoms with Crippen molar-refractivity contribution in [1.82, 2.24) is 10.6 Å². The molecule has 4 saturated carbocycles. The molecule has 0 heterocycles. The first kappa shape index (κ1) is 15.1. The maximum atomic E-state index is 11.9. The summed E-state index contributed by atoms with van der Waals surface area (Å²) in [5.41, 5.74) is 0.383. The third-order valence-electron chi connectivity index (χ3n) is 5.74. The Morgan fingerprint density at radius 3 is 2.05 bits per heavy atom. The van der Waals surface area contributed by atoms with Gasteiger partial charge in [0.25, 0.3) is 0 Å². The van der Waals surface area contributed by atoms with Crippen LogP contribution in [0.1, 0.15) is 38.5 Å². The molecular weight excluding hydrogens is 268 g/mol. The molecule has 0 aliphatic heterocycles. The number of amides is 2. The number of urea groups is 1. The van der Waals surface area contributed by atoms with E-state index in [0.717, 1.165) is 24.3 Å². The molecule has 120 valence electrons. The highest BCUT2D eigenvalue weighted by atomic mass is 16.7. The van der Waals surface area contributed by atoms with Crippen LogP contribution in [0.3, 0.4) is 0 Å². The Kier molecular flexibility index (Phi) is 4.41. The summed E-state index contributed by atoms with van der Waals surface area (Å²) in [5.74, 6) is 2.77. The van der Waals surface area contributed by atoms with E-state index >= 15 is 0 Å². The average molecular weight is 296 g/mol. The zero-order valence-electron chi connectivity index (χ0n) is 13.2. The van der Waals surface area contributed by atoms with Crippen LogP contribution in [0.2, 0.25) is 0 Å². The van der Waals surface area contributed by atoms with Crippen molar-refractivity contribution < 1.29 is 14.3 Å². The zero-order valence-corrected chi connectivity index (χ0v) is 13.2. The van der Waals surface area contributed by atoms with E-state index in [1.807, 2.05) is 0 Å². The van der Waals surface area contributed by atoms with Crippen LogP contribution in [0.15, 0.2) is 0 Å². The van der Waals surface area contributed by atoms with E-state index in [1.54, 1.807) is 14.2 Å². The lowest BCUT2D eigenvalue weighted by Gasteiger charge is -2.56. The number of hydrogen-bond donors (Lipinski definition) is 2. The summed E-state index contributed by atoms with van der Waals surface area (Å²) < 4.78 is 10.1. The van der Waals surface area contributed by atoms with Crippen LogP contribution in [0.25, 0.3) is 0 Å². The molecule has 4 rings (SSSR count). The summed E-state index contributed by atoms with van der Waals surface area (Å²) in [6, 6.07) is -0.107. The van der Waals surface area contributed by atoms with Crippen molar-refractivity contribution >= 4 is 6.03 Å². The Labute approximate surface area is 127 Å². The lowest BCUT2D eigenvalue weighted by molar-refractivity contribution is -0.0972. The van der Waals surface area contributed by atoms with Crippen LogP contribution in [0.4, 0.5) is 4.79 Å². The molecule has 5 heteroatoms. The van der Waals surface area contributed by atoms with Crippen LogP contribution in [-0.4, -0.2) is 39.6 Å². The van der Waals surface area contributed by atoms with E-state index < -0.39 is 0 Å². The van der Waals surface area contributed by atoms with Crippen molar-refractivity contribution in [3.05, 3.63) is 0 Å². The van der Waals surface area contributed by atoms with Crippen molar-refractivity contribution in [2.45, 2.75) is 44.8 Å². The van der Waals surface area contributed by atoms with Crippen LogP contribution >= 0.6 is 0 Å². The van der Waals surface area contributed by atoms with Gasteiger partial charge in [-0.2, -0.15) is 0 Å². The first-order valence-electron chi connectivity index (χ1n) is 8.20. The van der Waals surface area contributed by atoms with Gasteiger partial charge in [0.05, 0.1) is 6.54 Å². The van der Waals surface area contributed by atoms with Gasteiger partial charge in [0, 0.05) is 20.8 Å². The molecule has 0 atom stereocenters. The van der Waals surface area contributed by atoms with Crippen LogP contribution < -0.4 is 10.6 Å². The fraction of sp³-hybridized carbons (Fsp3) is 0.938. The summed E-state index contributed by atoms with van der Waals surface area (Å²) in [6.45, 7) is 1.20. The van der Waals surface area contributed by atoms with Gasteiger partial charge in [-0.05, 0) is 61.7 Å². The second-order valence-corrected chi connectivity index (χ2v) is 7.38. The predicted molar refractivity (Wildman–Crippen MR) is 79.8 cm³/mol. The number of methoxy groups -OCH3 is 2. The van der Waals surface area contributed by atoms with E-state index in [1.165, 1.54) is 38.5 Å². The smallest absolute Gasteiger partial charge is 0.314 e. The van der Waals surface area contributed by atoms with Crippen LogP contribution in [0, 0.1) is 23.2 Å². The van der Waals surface area contributed by atoms with Crippen molar-refractivity contribution in [3.8, 4) is 0 Å². The molecule has 4 aliphatic carbocycles. The number of rotatable bonds is 6. The maximum Gasteiger partial charge on any atom is 0.314 e. The van der Waals surface area contributed by atoms with Crippen molar-refractivity contribution in [2.75, 3.05) is 27.3 Å². The molecule has 0 radical (unpaired) electrons. The van der Waals surface area contributed by atoms with Gasteiger partial charge in [0.1, 0.15) is 0 Å². The number of carbonyl (C=O) groups excluding carboxylic acids is 1. The quantitative estimate of drug-likeness (QED) is 0.738. The standard InChI is InChI=1S/C16H28N2O3/c1-20-14(21-2)9-17-15(19)18-10-16-6-11-3-12(7-16)5-13(4-11)8-16/h11-14H,3-10H2,1-2H3,(H2,17,18,19). The van der Waals surface area contributed by atoms with E-state index in [4.69, 9.17) is 9.47 Å². The first-order chi connectivity index (χ1) is 10.1. The van der Waals surface area contributed by atoms with E-state index in [2.05, 4.69) is 10.6 Å². The zero-order chi connectivity index (χ0) is 14.9. The Bertz CT molecular complexity index is 346. The first-order valence-corrected chi connectivity index (χ1v) is 8.20. The summed E-state index contributed by atoms with van der Waals surface area (Å²) in [7, 11) is 3.15. The number of ether oxygens (including phenoxy) is 2. The molecule has 4 bridgehead atoms. The number of hydrogen-bond acceptors (Lipinski definition) is 3. The Morgan fingerprint density at radius 2 is 1.57 bits per heavy atom. The number of nitrogens with one attached hydrogen (secondary N) is 2. The molecule has 0 aromatic heterocycles. The SMILES string of the molecule is COC(CNC(=O)NCC12CC3CC(CC(C3)C1)C2)OC. The molecule has 2 amide bonds. The second-order valence-electron chi connectivity index (χ2n) is 7.38. The van der Waals surface area contributed by atoms with Gasteiger partial charge in [0.15, 0.2) is 6.29 Å². The van der Waals surface area contributed by atoms with Gasteiger partial charge < -0.3 is 20.1 Å². The van der Waals surface area contributed by atoms with E-state index in [0.29, 0.717) is 12.0 Å². The predicted octanol–water partition coefficient (Wildman–Crippen LogP) is 2.12. The fourth-order valence-electron chi connectivity index (χ4n) is 5.28. The molecule has 5 nitrogen and oxygen atoms in total.